The SMILES string of the molecule is COC(=O)c1cccc(C(=O)N2CCOC(c3ccccc3F)C2)c1. The number of rotatable bonds is 3. The van der Waals surface area contributed by atoms with Gasteiger partial charge in [0.25, 0.3) is 5.91 Å². The van der Waals surface area contributed by atoms with Gasteiger partial charge in [-0.15, -0.1) is 0 Å². The van der Waals surface area contributed by atoms with Gasteiger partial charge < -0.3 is 14.4 Å². The number of carbonyl (C=O) groups excluding carboxylic acids is 2. The number of methoxy groups -OCH3 is 1. The fourth-order valence-electron chi connectivity index (χ4n) is 2.84. The number of hydrogen-bond donors (Lipinski definition) is 0. The van der Waals surface area contributed by atoms with Crippen molar-refractivity contribution in [2.45, 2.75) is 6.10 Å². The summed E-state index contributed by atoms with van der Waals surface area (Å²) in [4.78, 5) is 26.0. The predicted octanol–water partition coefficient (Wildman–Crippen LogP) is 2.83. The topological polar surface area (TPSA) is 55.8 Å². The van der Waals surface area contributed by atoms with Gasteiger partial charge in [0.15, 0.2) is 0 Å². The molecule has 0 N–H and O–H groups in total. The molecule has 2 aromatic rings. The Hall–Kier alpha value is -2.73. The maximum Gasteiger partial charge on any atom is 0.337 e. The van der Waals surface area contributed by atoms with E-state index in [1.807, 2.05) is 0 Å². The zero-order valence-electron chi connectivity index (χ0n) is 13.8. The number of nitrogens with zero attached hydrogens (tertiary/aromatic N) is 1. The monoisotopic (exact) mass is 343 g/mol. The molecule has 1 heterocycles. The molecule has 0 spiro atoms. The summed E-state index contributed by atoms with van der Waals surface area (Å²) in [5.41, 5.74) is 1.13. The van der Waals surface area contributed by atoms with Crippen LogP contribution in [0.2, 0.25) is 0 Å². The second kappa shape index (κ2) is 7.44. The minimum Gasteiger partial charge on any atom is -0.465 e. The highest BCUT2D eigenvalue weighted by Crippen LogP contribution is 2.25. The van der Waals surface area contributed by atoms with Crippen LogP contribution in [-0.2, 0) is 9.47 Å². The highest BCUT2D eigenvalue weighted by atomic mass is 19.1. The van der Waals surface area contributed by atoms with Crippen molar-refractivity contribution < 1.29 is 23.5 Å². The van der Waals surface area contributed by atoms with E-state index < -0.39 is 12.1 Å². The number of hydrogen-bond acceptors (Lipinski definition) is 4. The van der Waals surface area contributed by atoms with E-state index in [1.54, 1.807) is 41.3 Å². The van der Waals surface area contributed by atoms with Crippen LogP contribution >= 0.6 is 0 Å². The Morgan fingerprint density at radius 1 is 1.16 bits per heavy atom. The Morgan fingerprint density at radius 2 is 1.92 bits per heavy atom. The number of benzene rings is 2. The lowest BCUT2D eigenvalue weighted by Gasteiger charge is -2.33. The van der Waals surface area contributed by atoms with Gasteiger partial charge in [0.05, 0.1) is 25.8 Å². The molecule has 3 rings (SSSR count). The molecule has 1 amide bonds. The normalized spacial score (nSPS) is 17.2. The largest absolute Gasteiger partial charge is 0.465 e. The zero-order chi connectivity index (χ0) is 17.8. The van der Waals surface area contributed by atoms with Crippen LogP contribution in [-0.4, -0.2) is 43.6 Å². The van der Waals surface area contributed by atoms with E-state index in [1.165, 1.54) is 19.2 Å². The summed E-state index contributed by atoms with van der Waals surface area (Å²) < 4.78 is 24.3. The molecule has 1 aliphatic heterocycles. The number of halogens is 1. The van der Waals surface area contributed by atoms with Gasteiger partial charge in [-0.3, -0.25) is 4.79 Å². The molecule has 0 aromatic heterocycles. The fourth-order valence-corrected chi connectivity index (χ4v) is 2.84. The second-order valence-corrected chi connectivity index (χ2v) is 5.70. The van der Waals surface area contributed by atoms with E-state index in [0.29, 0.717) is 29.8 Å². The molecule has 1 aliphatic rings. The van der Waals surface area contributed by atoms with Crippen molar-refractivity contribution >= 4 is 11.9 Å². The molecular weight excluding hydrogens is 325 g/mol. The van der Waals surface area contributed by atoms with E-state index in [-0.39, 0.29) is 18.3 Å². The third-order valence-corrected chi connectivity index (χ3v) is 4.14. The van der Waals surface area contributed by atoms with Crippen LogP contribution < -0.4 is 0 Å². The maximum absolute atomic E-state index is 14.0. The lowest BCUT2D eigenvalue weighted by molar-refractivity contribution is -0.0243. The van der Waals surface area contributed by atoms with E-state index in [9.17, 15) is 14.0 Å². The Kier molecular flexibility index (Phi) is 5.09. The minimum atomic E-state index is -0.511. The van der Waals surface area contributed by atoms with Crippen LogP contribution in [0.3, 0.4) is 0 Å². The third-order valence-electron chi connectivity index (χ3n) is 4.14. The van der Waals surface area contributed by atoms with Gasteiger partial charge in [-0.25, -0.2) is 9.18 Å². The van der Waals surface area contributed by atoms with E-state index in [2.05, 4.69) is 4.74 Å². The first-order valence-corrected chi connectivity index (χ1v) is 7.94. The smallest absolute Gasteiger partial charge is 0.337 e. The molecule has 0 aliphatic carbocycles. The molecule has 1 fully saturated rings. The zero-order valence-corrected chi connectivity index (χ0v) is 13.8. The van der Waals surface area contributed by atoms with Gasteiger partial charge in [0.1, 0.15) is 11.9 Å². The van der Waals surface area contributed by atoms with E-state index in [0.717, 1.165) is 0 Å². The summed E-state index contributed by atoms with van der Waals surface area (Å²) >= 11 is 0. The van der Waals surface area contributed by atoms with Crippen molar-refractivity contribution in [2.24, 2.45) is 0 Å². The number of amides is 1. The van der Waals surface area contributed by atoms with Crippen molar-refractivity contribution in [1.82, 2.24) is 4.90 Å². The van der Waals surface area contributed by atoms with Gasteiger partial charge in [0.2, 0.25) is 0 Å². The summed E-state index contributed by atoms with van der Waals surface area (Å²) in [6.45, 7) is 0.982. The minimum absolute atomic E-state index is 0.226. The van der Waals surface area contributed by atoms with Crippen LogP contribution in [0.25, 0.3) is 0 Å². The molecule has 130 valence electrons. The molecule has 2 aromatic carbocycles. The Bertz CT molecular complexity index is 792. The summed E-state index contributed by atoms with van der Waals surface area (Å²) in [5.74, 6) is -1.08. The number of carbonyl (C=O) groups is 2. The summed E-state index contributed by atoms with van der Waals surface area (Å²) in [5, 5.41) is 0. The van der Waals surface area contributed by atoms with Gasteiger partial charge in [-0.2, -0.15) is 0 Å². The van der Waals surface area contributed by atoms with Crippen LogP contribution in [0.4, 0.5) is 4.39 Å². The lowest BCUT2D eigenvalue weighted by Crippen LogP contribution is -2.42. The van der Waals surface area contributed by atoms with Gasteiger partial charge in [-0.1, -0.05) is 24.3 Å². The molecule has 0 radical (unpaired) electrons. The summed E-state index contributed by atoms with van der Waals surface area (Å²) in [6.07, 6.45) is -0.511. The average Bonchev–Trinajstić information content (AvgIpc) is 2.67. The quantitative estimate of drug-likeness (QED) is 0.804. The molecule has 0 saturated carbocycles. The van der Waals surface area contributed by atoms with Crippen LogP contribution in [0.15, 0.2) is 48.5 Å². The van der Waals surface area contributed by atoms with Crippen LogP contribution in [0.5, 0.6) is 0 Å². The van der Waals surface area contributed by atoms with Gasteiger partial charge >= 0.3 is 5.97 Å². The first-order valence-electron chi connectivity index (χ1n) is 7.94. The van der Waals surface area contributed by atoms with Crippen molar-refractivity contribution in [3.63, 3.8) is 0 Å². The van der Waals surface area contributed by atoms with Crippen molar-refractivity contribution in [3.05, 3.63) is 71.0 Å². The molecule has 1 saturated heterocycles. The second-order valence-electron chi connectivity index (χ2n) is 5.70. The maximum atomic E-state index is 14.0. The number of morpholine rings is 1. The molecule has 5 nitrogen and oxygen atoms in total. The molecule has 1 atom stereocenters. The molecular formula is C19H18FNO4. The summed E-state index contributed by atoms with van der Waals surface area (Å²) in [7, 11) is 1.29. The molecule has 1 unspecified atom stereocenters. The first-order chi connectivity index (χ1) is 12.1. The molecule has 0 bridgehead atoms. The Balaban J connectivity index is 1.79. The van der Waals surface area contributed by atoms with Crippen LogP contribution in [0.1, 0.15) is 32.4 Å². The average molecular weight is 343 g/mol. The number of ether oxygens (including phenoxy) is 2. The van der Waals surface area contributed by atoms with E-state index >= 15 is 0 Å². The first kappa shape index (κ1) is 17.1. The van der Waals surface area contributed by atoms with Crippen molar-refractivity contribution in [2.75, 3.05) is 26.8 Å². The summed E-state index contributed by atoms with van der Waals surface area (Å²) in [6, 6.07) is 12.7. The van der Waals surface area contributed by atoms with E-state index in [4.69, 9.17) is 4.74 Å². The van der Waals surface area contributed by atoms with Crippen LogP contribution in [0, 0.1) is 5.82 Å². The number of esters is 1. The molecule has 25 heavy (non-hydrogen) atoms. The van der Waals surface area contributed by atoms with Gasteiger partial charge in [0, 0.05) is 17.7 Å². The van der Waals surface area contributed by atoms with Gasteiger partial charge in [-0.05, 0) is 24.3 Å². The lowest BCUT2D eigenvalue weighted by atomic mass is 10.1. The standard InChI is InChI=1S/C19H18FNO4/c1-24-19(23)14-6-4-5-13(11-14)18(22)21-9-10-25-17(12-21)15-7-2-3-8-16(15)20/h2-8,11,17H,9-10,12H2,1H3. The van der Waals surface area contributed by atoms with Crippen molar-refractivity contribution in [1.29, 1.82) is 0 Å². The molecule has 6 heteroatoms. The predicted molar refractivity (Wildman–Crippen MR) is 88.8 cm³/mol. The highest BCUT2D eigenvalue weighted by Gasteiger charge is 2.28. The Morgan fingerprint density at radius 3 is 2.68 bits per heavy atom. The fraction of sp³-hybridized carbons (Fsp3) is 0.263. The third kappa shape index (κ3) is 3.69. The Labute approximate surface area is 145 Å². The highest BCUT2D eigenvalue weighted by molar-refractivity contribution is 5.98. The van der Waals surface area contributed by atoms with Crippen molar-refractivity contribution in [3.8, 4) is 0 Å².